The lowest BCUT2D eigenvalue weighted by Crippen LogP contribution is -2.30. The maximum absolute atomic E-state index is 8.76. The number of ether oxygens (including phenoxy) is 1. The molecule has 0 radical (unpaired) electrons. The fraction of sp³-hybridized carbons (Fsp3) is 0.615. The smallest absolute Gasteiger partial charge is 0.137 e. The normalized spacial score (nSPS) is 10.1. The minimum absolute atomic E-state index is 0.459. The molecule has 0 aliphatic carbocycles. The van der Waals surface area contributed by atoms with Gasteiger partial charge in [-0.2, -0.15) is 5.26 Å². The number of hydrogen-bond acceptors (Lipinski definition) is 6. The Balaban J connectivity index is 3.06. The molecule has 1 heterocycles. The van der Waals surface area contributed by atoms with Crippen molar-refractivity contribution in [1.29, 1.82) is 5.26 Å². The van der Waals surface area contributed by atoms with Crippen LogP contribution in [0.1, 0.15) is 17.8 Å². The molecule has 0 saturated carbocycles. The molecule has 1 N–H and O–H groups in total. The largest absolute Gasteiger partial charge is 0.383 e. The molecule has 1 aromatic rings. The molecule has 0 amide bonds. The first-order valence-corrected chi connectivity index (χ1v) is 6.27. The van der Waals surface area contributed by atoms with E-state index in [-0.39, 0.29) is 0 Å². The molecule has 104 valence electrons. The van der Waals surface area contributed by atoms with Gasteiger partial charge in [0.15, 0.2) is 0 Å². The van der Waals surface area contributed by atoms with Gasteiger partial charge in [-0.25, -0.2) is 9.97 Å². The van der Waals surface area contributed by atoms with Crippen LogP contribution in [0, 0.1) is 25.2 Å². The van der Waals surface area contributed by atoms with Crippen LogP contribution < -0.4 is 10.2 Å². The van der Waals surface area contributed by atoms with E-state index in [9.17, 15) is 0 Å². The molecule has 0 spiro atoms. The van der Waals surface area contributed by atoms with Crippen LogP contribution in [0.2, 0.25) is 0 Å². The van der Waals surface area contributed by atoms with Gasteiger partial charge in [-0.1, -0.05) is 0 Å². The number of nitrogens with zero attached hydrogens (tertiary/aromatic N) is 4. The van der Waals surface area contributed by atoms with Crippen LogP contribution in [0.5, 0.6) is 0 Å². The number of hydrogen-bond donors (Lipinski definition) is 1. The molecule has 6 heteroatoms. The van der Waals surface area contributed by atoms with Crippen LogP contribution in [-0.2, 0) is 4.74 Å². The summed E-state index contributed by atoms with van der Waals surface area (Å²) < 4.78 is 5.12. The number of aryl methyl sites for hydroxylation is 1. The Morgan fingerprint density at radius 1 is 1.32 bits per heavy atom. The zero-order valence-electron chi connectivity index (χ0n) is 12.0. The van der Waals surface area contributed by atoms with Crippen molar-refractivity contribution in [1.82, 2.24) is 9.97 Å². The third-order valence-corrected chi connectivity index (χ3v) is 2.83. The molecule has 0 saturated heterocycles. The Kier molecular flexibility index (Phi) is 6.03. The zero-order chi connectivity index (χ0) is 14.3. The van der Waals surface area contributed by atoms with E-state index >= 15 is 0 Å². The standard InChI is InChI=1S/C13H21N5O/c1-10-12(15-3)16-11(2)17-13(10)18(7-5-6-14)8-9-19-4/h5,7-9H2,1-4H3,(H,15,16,17). The minimum atomic E-state index is 0.459. The van der Waals surface area contributed by atoms with Gasteiger partial charge in [0.1, 0.15) is 17.5 Å². The van der Waals surface area contributed by atoms with E-state index in [0.717, 1.165) is 17.2 Å². The minimum Gasteiger partial charge on any atom is -0.383 e. The van der Waals surface area contributed by atoms with Crippen molar-refractivity contribution >= 4 is 11.6 Å². The number of nitriles is 1. The average molecular weight is 263 g/mol. The van der Waals surface area contributed by atoms with Gasteiger partial charge in [0.05, 0.1) is 19.1 Å². The van der Waals surface area contributed by atoms with Crippen LogP contribution in [0.25, 0.3) is 0 Å². The van der Waals surface area contributed by atoms with Crippen molar-refractivity contribution in [3.8, 4) is 6.07 Å². The van der Waals surface area contributed by atoms with E-state index in [0.29, 0.717) is 31.9 Å². The molecule has 0 bridgehead atoms. The van der Waals surface area contributed by atoms with E-state index in [4.69, 9.17) is 10.00 Å². The fourth-order valence-electron chi connectivity index (χ4n) is 1.88. The zero-order valence-corrected chi connectivity index (χ0v) is 12.0. The molecule has 19 heavy (non-hydrogen) atoms. The Labute approximate surface area is 114 Å². The lowest BCUT2D eigenvalue weighted by Gasteiger charge is -2.25. The SMILES string of the molecule is CNc1nc(C)nc(N(CCC#N)CCOC)c1C. The molecule has 0 unspecified atom stereocenters. The highest BCUT2D eigenvalue weighted by molar-refractivity contribution is 5.58. The summed E-state index contributed by atoms with van der Waals surface area (Å²) in [6.45, 7) is 5.79. The Bertz CT molecular complexity index is 455. The molecule has 0 aromatic carbocycles. The summed E-state index contributed by atoms with van der Waals surface area (Å²) in [6, 6.07) is 2.17. The quantitative estimate of drug-likeness (QED) is 0.803. The van der Waals surface area contributed by atoms with Gasteiger partial charge in [0.25, 0.3) is 0 Å². The van der Waals surface area contributed by atoms with Gasteiger partial charge in [0.2, 0.25) is 0 Å². The van der Waals surface area contributed by atoms with Crippen molar-refractivity contribution < 1.29 is 4.74 Å². The maximum atomic E-state index is 8.76. The maximum Gasteiger partial charge on any atom is 0.137 e. The molecule has 1 aromatic heterocycles. The van der Waals surface area contributed by atoms with Gasteiger partial charge < -0.3 is 15.0 Å². The Morgan fingerprint density at radius 3 is 2.63 bits per heavy atom. The molecule has 0 fully saturated rings. The molecular formula is C13H21N5O. The fourth-order valence-corrected chi connectivity index (χ4v) is 1.88. The van der Waals surface area contributed by atoms with Crippen molar-refractivity contribution in [2.24, 2.45) is 0 Å². The lowest BCUT2D eigenvalue weighted by atomic mass is 10.2. The van der Waals surface area contributed by atoms with E-state index in [1.807, 2.05) is 20.9 Å². The van der Waals surface area contributed by atoms with Crippen molar-refractivity contribution in [3.05, 3.63) is 11.4 Å². The first kappa shape index (κ1) is 15.2. The van der Waals surface area contributed by atoms with Gasteiger partial charge in [-0.05, 0) is 13.8 Å². The topological polar surface area (TPSA) is 74.1 Å². The monoisotopic (exact) mass is 263 g/mol. The van der Waals surface area contributed by atoms with Gasteiger partial charge >= 0.3 is 0 Å². The summed E-state index contributed by atoms with van der Waals surface area (Å²) in [4.78, 5) is 10.9. The van der Waals surface area contributed by atoms with Crippen LogP contribution in [0.15, 0.2) is 0 Å². The summed E-state index contributed by atoms with van der Waals surface area (Å²) in [5.41, 5.74) is 0.988. The van der Waals surface area contributed by atoms with E-state index in [1.54, 1.807) is 7.11 Å². The van der Waals surface area contributed by atoms with E-state index in [2.05, 4.69) is 26.3 Å². The first-order valence-electron chi connectivity index (χ1n) is 6.27. The van der Waals surface area contributed by atoms with Crippen molar-refractivity contribution in [2.75, 3.05) is 44.1 Å². The second-order valence-electron chi connectivity index (χ2n) is 4.21. The summed E-state index contributed by atoms with van der Waals surface area (Å²) in [5, 5.41) is 11.8. The van der Waals surface area contributed by atoms with Crippen LogP contribution in [-0.4, -0.2) is 43.8 Å². The molecule has 0 aliphatic heterocycles. The summed E-state index contributed by atoms with van der Waals surface area (Å²) in [7, 11) is 3.51. The lowest BCUT2D eigenvalue weighted by molar-refractivity contribution is 0.205. The number of methoxy groups -OCH3 is 1. The molecule has 6 nitrogen and oxygen atoms in total. The molecule has 1 rings (SSSR count). The number of nitrogens with one attached hydrogen (secondary N) is 1. The van der Waals surface area contributed by atoms with Crippen LogP contribution in [0.4, 0.5) is 11.6 Å². The third-order valence-electron chi connectivity index (χ3n) is 2.83. The number of anilines is 2. The third kappa shape index (κ3) is 4.07. The summed E-state index contributed by atoms with van der Waals surface area (Å²) in [6.07, 6.45) is 0.459. The highest BCUT2D eigenvalue weighted by Gasteiger charge is 2.14. The summed E-state index contributed by atoms with van der Waals surface area (Å²) in [5.74, 6) is 2.40. The molecule has 0 atom stereocenters. The van der Waals surface area contributed by atoms with Crippen molar-refractivity contribution in [2.45, 2.75) is 20.3 Å². The Hall–Kier alpha value is -1.87. The predicted molar refractivity (Wildman–Crippen MR) is 75.4 cm³/mol. The van der Waals surface area contributed by atoms with Crippen molar-refractivity contribution in [3.63, 3.8) is 0 Å². The number of rotatable bonds is 7. The second kappa shape index (κ2) is 7.54. The first-order chi connectivity index (χ1) is 9.13. The summed E-state index contributed by atoms with van der Waals surface area (Å²) >= 11 is 0. The van der Waals surface area contributed by atoms with E-state index < -0.39 is 0 Å². The van der Waals surface area contributed by atoms with Gasteiger partial charge in [0, 0.05) is 32.8 Å². The van der Waals surface area contributed by atoms with Gasteiger partial charge in [-0.15, -0.1) is 0 Å². The van der Waals surface area contributed by atoms with E-state index in [1.165, 1.54) is 0 Å². The molecule has 0 aliphatic rings. The molecular weight excluding hydrogens is 242 g/mol. The average Bonchev–Trinajstić information content (AvgIpc) is 2.41. The Morgan fingerprint density at radius 2 is 2.05 bits per heavy atom. The highest BCUT2D eigenvalue weighted by Crippen LogP contribution is 2.23. The van der Waals surface area contributed by atoms with Gasteiger partial charge in [-0.3, -0.25) is 0 Å². The van der Waals surface area contributed by atoms with Crippen LogP contribution >= 0.6 is 0 Å². The second-order valence-corrected chi connectivity index (χ2v) is 4.21. The van der Waals surface area contributed by atoms with Crippen LogP contribution in [0.3, 0.4) is 0 Å². The predicted octanol–water partition coefficient (Wildman–Crippen LogP) is 1.50. The highest BCUT2D eigenvalue weighted by atomic mass is 16.5. The number of aromatic nitrogens is 2.